The summed E-state index contributed by atoms with van der Waals surface area (Å²) in [5.74, 6) is -0.253. The van der Waals surface area contributed by atoms with Gasteiger partial charge in [-0.3, -0.25) is 14.2 Å². The quantitative estimate of drug-likeness (QED) is 0.525. The van der Waals surface area contributed by atoms with Crippen LogP contribution in [-0.4, -0.2) is 15.5 Å². The fraction of sp³-hybridized carbons (Fsp3) is 0.174. The number of anilines is 1. The highest BCUT2D eigenvalue weighted by atomic mass is 32.1. The smallest absolute Gasteiger partial charge is 0.263 e. The van der Waals surface area contributed by atoms with Gasteiger partial charge in [-0.1, -0.05) is 48.0 Å². The summed E-state index contributed by atoms with van der Waals surface area (Å²) >= 11 is 1.43. The second-order valence-corrected chi connectivity index (χ2v) is 7.99. The lowest BCUT2D eigenvalue weighted by Gasteiger charge is -2.16. The molecule has 1 N–H and O–H groups in total. The number of hydrogen-bond donors (Lipinski definition) is 1. The van der Waals surface area contributed by atoms with E-state index in [1.54, 1.807) is 6.92 Å². The van der Waals surface area contributed by atoms with E-state index in [4.69, 9.17) is 0 Å². The van der Waals surface area contributed by atoms with E-state index in [9.17, 15) is 9.59 Å². The van der Waals surface area contributed by atoms with Gasteiger partial charge < -0.3 is 5.32 Å². The molecule has 1 atom stereocenters. The number of aromatic nitrogens is 2. The number of amides is 1. The lowest BCUT2D eigenvalue weighted by Crippen LogP contribution is -2.31. The molecule has 1 amide bonds. The highest BCUT2D eigenvalue weighted by molar-refractivity contribution is 7.17. The first kappa shape index (κ1) is 19.1. The van der Waals surface area contributed by atoms with Gasteiger partial charge in [0.15, 0.2) is 0 Å². The van der Waals surface area contributed by atoms with Crippen molar-refractivity contribution in [3.05, 3.63) is 81.7 Å². The van der Waals surface area contributed by atoms with Crippen LogP contribution in [0, 0.1) is 13.8 Å². The molecule has 4 rings (SSSR count). The van der Waals surface area contributed by atoms with Crippen molar-refractivity contribution in [3.8, 4) is 11.1 Å². The normalized spacial score (nSPS) is 12.1. The van der Waals surface area contributed by atoms with Gasteiger partial charge in [0.2, 0.25) is 5.91 Å². The van der Waals surface area contributed by atoms with Crippen LogP contribution >= 0.6 is 11.3 Å². The molecule has 5 nitrogen and oxygen atoms in total. The molecule has 146 valence electrons. The van der Waals surface area contributed by atoms with E-state index in [0.29, 0.717) is 10.2 Å². The zero-order valence-electron chi connectivity index (χ0n) is 16.5. The fourth-order valence-electron chi connectivity index (χ4n) is 3.37. The molecule has 0 bridgehead atoms. The average Bonchev–Trinajstić information content (AvgIpc) is 3.15. The molecule has 2 aromatic heterocycles. The molecule has 0 spiro atoms. The molecular weight excluding hydrogens is 382 g/mol. The second-order valence-electron chi connectivity index (χ2n) is 7.14. The van der Waals surface area contributed by atoms with E-state index < -0.39 is 6.04 Å². The van der Waals surface area contributed by atoms with Crippen LogP contribution in [0.4, 0.5) is 5.69 Å². The number of carbonyl (C=O) groups is 1. The summed E-state index contributed by atoms with van der Waals surface area (Å²) in [7, 11) is 0. The summed E-state index contributed by atoms with van der Waals surface area (Å²) in [4.78, 5) is 31.2. The van der Waals surface area contributed by atoms with Crippen molar-refractivity contribution in [2.45, 2.75) is 26.8 Å². The predicted octanol–water partition coefficient (Wildman–Crippen LogP) is 4.94. The molecule has 0 saturated carbocycles. The zero-order chi connectivity index (χ0) is 20.5. The number of fused-ring (bicyclic) bond motifs is 1. The Morgan fingerprint density at radius 2 is 1.90 bits per heavy atom. The Morgan fingerprint density at radius 1 is 1.14 bits per heavy atom. The topological polar surface area (TPSA) is 64.0 Å². The van der Waals surface area contributed by atoms with Crippen LogP contribution in [0.3, 0.4) is 0 Å². The molecule has 2 heterocycles. The van der Waals surface area contributed by atoms with Gasteiger partial charge >= 0.3 is 0 Å². The third-order valence-corrected chi connectivity index (χ3v) is 5.93. The first-order valence-corrected chi connectivity index (χ1v) is 10.3. The predicted molar refractivity (Wildman–Crippen MR) is 119 cm³/mol. The van der Waals surface area contributed by atoms with Crippen molar-refractivity contribution < 1.29 is 4.79 Å². The number of rotatable bonds is 4. The van der Waals surface area contributed by atoms with Crippen LogP contribution in [0.1, 0.15) is 24.1 Å². The molecule has 4 aromatic rings. The molecular formula is C23H21N3O2S. The number of thiophene rings is 1. The summed E-state index contributed by atoms with van der Waals surface area (Å²) in [5.41, 5.74) is 4.46. The SMILES string of the molecule is Cc1ccc(NC(=O)C(C)n2cnc3scc(-c4ccccc4)c3c2=O)c(C)c1. The van der Waals surface area contributed by atoms with E-state index in [0.717, 1.165) is 27.9 Å². The van der Waals surface area contributed by atoms with Crippen molar-refractivity contribution in [3.63, 3.8) is 0 Å². The standard InChI is InChI=1S/C23H21N3O2S/c1-14-9-10-19(15(2)11-14)25-21(27)16(3)26-13-24-22-20(23(26)28)18(12-29-22)17-7-5-4-6-8-17/h4-13,16H,1-3H3,(H,25,27). The molecule has 0 fully saturated rings. The Bertz CT molecular complexity index is 1260. The molecule has 1 unspecified atom stereocenters. The van der Waals surface area contributed by atoms with E-state index in [1.807, 2.05) is 67.8 Å². The van der Waals surface area contributed by atoms with Crippen LogP contribution in [-0.2, 0) is 4.79 Å². The van der Waals surface area contributed by atoms with E-state index in [-0.39, 0.29) is 11.5 Å². The molecule has 0 saturated heterocycles. The van der Waals surface area contributed by atoms with Gasteiger partial charge in [-0.05, 0) is 38.0 Å². The van der Waals surface area contributed by atoms with Gasteiger partial charge in [0.1, 0.15) is 10.9 Å². The summed E-state index contributed by atoms with van der Waals surface area (Å²) in [6.07, 6.45) is 1.46. The highest BCUT2D eigenvalue weighted by Crippen LogP contribution is 2.30. The molecule has 0 aliphatic heterocycles. The van der Waals surface area contributed by atoms with Crippen molar-refractivity contribution in [1.29, 1.82) is 0 Å². The minimum Gasteiger partial charge on any atom is -0.324 e. The van der Waals surface area contributed by atoms with E-state index in [2.05, 4.69) is 10.3 Å². The number of hydrogen-bond acceptors (Lipinski definition) is 4. The van der Waals surface area contributed by atoms with Crippen LogP contribution in [0.25, 0.3) is 21.3 Å². The van der Waals surface area contributed by atoms with Crippen molar-refractivity contribution in [1.82, 2.24) is 9.55 Å². The molecule has 6 heteroatoms. The lowest BCUT2D eigenvalue weighted by molar-refractivity contribution is -0.118. The summed E-state index contributed by atoms with van der Waals surface area (Å²) in [6.45, 7) is 5.67. The van der Waals surface area contributed by atoms with E-state index in [1.165, 1.54) is 22.2 Å². The van der Waals surface area contributed by atoms with E-state index >= 15 is 0 Å². The number of aryl methyl sites for hydroxylation is 2. The number of nitrogens with one attached hydrogen (secondary N) is 1. The summed E-state index contributed by atoms with van der Waals surface area (Å²) < 4.78 is 1.40. The van der Waals surface area contributed by atoms with Gasteiger partial charge in [0.05, 0.1) is 11.7 Å². The van der Waals surface area contributed by atoms with Crippen LogP contribution in [0.5, 0.6) is 0 Å². The van der Waals surface area contributed by atoms with Crippen molar-refractivity contribution in [2.24, 2.45) is 0 Å². The van der Waals surface area contributed by atoms with Gasteiger partial charge in [-0.2, -0.15) is 0 Å². The average molecular weight is 404 g/mol. The highest BCUT2D eigenvalue weighted by Gasteiger charge is 2.20. The number of carbonyl (C=O) groups excluding carboxylic acids is 1. The maximum absolute atomic E-state index is 13.2. The maximum atomic E-state index is 13.2. The van der Waals surface area contributed by atoms with Gasteiger partial charge in [-0.15, -0.1) is 11.3 Å². The monoisotopic (exact) mass is 403 g/mol. The summed E-state index contributed by atoms with van der Waals surface area (Å²) in [6, 6.07) is 14.9. The molecule has 2 aromatic carbocycles. The lowest BCUT2D eigenvalue weighted by atomic mass is 10.1. The Balaban J connectivity index is 1.71. The van der Waals surface area contributed by atoms with Gasteiger partial charge in [-0.25, -0.2) is 4.98 Å². The summed E-state index contributed by atoms with van der Waals surface area (Å²) in [5, 5.41) is 5.42. The fourth-order valence-corrected chi connectivity index (χ4v) is 4.28. The minimum atomic E-state index is -0.691. The minimum absolute atomic E-state index is 0.210. The number of benzene rings is 2. The Morgan fingerprint density at radius 3 is 2.62 bits per heavy atom. The third-order valence-electron chi connectivity index (χ3n) is 5.04. The Kier molecular flexibility index (Phi) is 5.03. The van der Waals surface area contributed by atoms with Gasteiger partial charge in [0.25, 0.3) is 5.56 Å². The molecule has 0 aliphatic carbocycles. The van der Waals surface area contributed by atoms with Crippen LogP contribution in [0.15, 0.2) is 65.0 Å². The third kappa shape index (κ3) is 3.59. The van der Waals surface area contributed by atoms with Gasteiger partial charge in [0, 0.05) is 16.6 Å². The Labute approximate surface area is 172 Å². The van der Waals surface area contributed by atoms with Crippen molar-refractivity contribution in [2.75, 3.05) is 5.32 Å². The number of nitrogens with zero attached hydrogens (tertiary/aromatic N) is 2. The zero-order valence-corrected chi connectivity index (χ0v) is 17.3. The molecule has 29 heavy (non-hydrogen) atoms. The first-order chi connectivity index (χ1) is 14.0. The molecule has 0 radical (unpaired) electrons. The second kappa shape index (κ2) is 7.64. The molecule has 0 aliphatic rings. The largest absolute Gasteiger partial charge is 0.324 e. The maximum Gasteiger partial charge on any atom is 0.263 e. The van der Waals surface area contributed by atoms with Crippen molar-refractivity contribution >= 4 is 33.1 Å². The van der Waals surface area contributed by atoms with Crippen LogP contribution < -0.4 is 10.9 Å². The van der Waals surface area contributed by atoms with Crippen LogP contribution in [0.2, 0.25) is 0 Å². The Hall–Kier alpha value is -3.25. The first-order valence-electron chi connectivity index (χ1n) is 9.37.